The molecule has 0 radical (unpaired) electrons. The predicted molar refractivity (Wildman–Crippen MR) is 101 cm³/mol. The number of nitrogens with one attached hydrogen (secondary N) is 1. The summed E-state index contributed by atoms with van der Waals surface area (Å²) < 4.78 is 13.0. The number of hydrogen-bond acceptors (Lipinski definition) is 6. The number of para-hydroxylation sites is 2. The Kier molecular flexibility index (Phi) is 3.75. The van der Waals surface area contributed by atoms with E-state index in [0.717, 1.165) is 11.3 Å². The molecule has 8 heteroatoms. The number of thiazole rings is 1. The van der Waals surface area contributed by atoms with Crippen molar-refractivity contribution >= 4 is 28.2 Å². The van der Waals surface area contributed by atoms with Gasteiger partial charge in [-0.05, 0) is 12.1 Å². The summed E-state index contributed by atoms with van der Waals surface area (Å²) in [7, 11) is 0. The molecule has 1 N–H and O–H groups in total. The SMILES string of the molecule is O=C(Nc1nc2scc(-c3ccccc3)n2n1)C1COc2ccccc2O1. The zero-order valence-electron chi connectivity index (χ0n) is 14.0. The van der Waals surface area contributed by atoms with E-state index in [9.17, 15) is 4.79 Å². The van der Waals surface area contributed by atoms with Gasteiger partial charge in [-0.25, -0.2) is 4.52 Å². The van der Waals surface area contributed by atoms with Crippen LogP contribution in [0.5, 0.6) is 11.5 Å². The zero-order chi connectivity index (χ0) is 18.2. The summed E-state index contributed by atoms with van der Waals surface area (Å²) in [6.07, 6.45) is -0.755. The van der Waals surface area contributed by atoms with Crippen LogP contribution in [-0.2, 0) is 4.79 Å². The number of amides is 1. The van der Waals surface area contributed by atoms with Crippen LogP contribution in [0.1, 0.15) is 0 Å². The first-order valence-corrected chi connectivity index (χ1v) is 9.25. The average molecular weight is 378 g/mol. The molecule has 0 spiro atoms. The molecule has 1 atom stereocenters. The molecule has 1 aliphatic rings. The van der Waals surface area contributed by atoms with Gasteiger partial charge in [-0.15, -0.1) is 16.4 Å². The molecular weight excluding hydrogens is 364 g/mol. The molecular formula is C19H14N4O3S. The maximum atomic E-state index is 12.5. The Bertz CT molecular complexity index is 1120. The Balaban J connectivity index is 1.36. The summed E-state index contributed by atoms with van der Waals surface area (Å²) in [4.78, 5) is 17.6. The van der Waals surface area contributed by atoms with Crippen LogP contribution >= 0.6 is 11.3 Å². The van der Waals surface area contributed by atoms with Gasteiger partial charge in [0, 0.05) is 10.9 Å². The minimum Gasteiger partial charge on any atom is -0.485 e. The number of benzene rings is 2. The van der Waals surface area contributed by atoms with Gasteiger partial charge in [-0.2, -0.15) is 4.98 Å². The highest BCUT2D eigenvalue weighted by Crippen LogP contribution is 2.31. The summed E-state index contributed by atoms with van der Waals surface area (Å²) >= 11 is 1.47. The molecule has 2 aromatic heterocycles. The Morgan fingerprint density at radius 1 is 1.11 bits per heavy atom. The number of ether oxygens (including phenoxy) is 2. The molecule has 0 saturated heterocycles. The van der Waals surface area contributed by atoms with Crippen molar-refractivity contribution in [2.24, 2.45) is 0 Å². The van der Waals surface area contributed by atoms with E-state index in [2.05, 4.69) is 15.4 Å². The maximum Gasteiger partial charge on any atom is 0.271 e. The molecule has 1 aliphatic heterocycles. The number of hydrogen-bond donors (Lipinski definition) is 1. The molecule has 2 aromatic carbocycles. The van der Waals surface area contributed by atoms with Crippen molar-refractivity contribution in [1.82, 2.24) is 14.6 Å². The molecule has 5 rings (SSSR count). The van der Waals surface area contributed by atoms with Crippen LogP contribution in [0.2, 0.25) is 0 Å². The molecule has 1 unspecified atom stereocenters. The van der Waals surface area contributed by atoms with Crippen LogP contribution in [0.15, 0.2) is 60.0 Å². The monoisotopic (exact) mass is 378 g/mol. The fraction of sp³-hybridized carbons (Fsp3) is 0.105. The van der Waals surface area contributed by atoms with Gasteiger partial charge in [0.05, 0.1) is 5.69 Å². The average Bonchev–Trinajstić information content (AvgIpc) is 3.28. The van der Waals surface area contributed by atoms with E-state index in [0.29, 0.717) is 16.5 Å². The number of fused-ring (bicyclic) bond motifs is 2. The van der Waals surface area contributed by atoms with E-state index in [4.69, 9.17) is 9.47 Å². The lowest BCUT2D eigenvalue weighted by atomic mass is 10.2. The molecule has 134 valence electrons. The lowest BCUT2D eigenvalue weighted by molar-refractivity contribution is -0.125. The number of rotatable bonds is 3. The van der Waals surface area contributed by atoms with Crippen molar-refractivity contribution in [3.8, 4) is 22.8 Å². The van der Waals surface area contributed by atoms with Gasteiger partial charge in [0.1, 0.15) is 6.61 Å². The number of carbonyl (C=O) groups excluding carboxylic acids is 1. The van der Waals surface area contributed by atoms with Crippen LogP contribution in [0.3, 0.4) is 0 Å². The third kappa shape index (κ3) is 2.89. The first-order chi connectivity index (χ1) is 13.3. The summed E-state index contributed by atoms with van der Waals surface area (Å²) in [5, 5.41) is 9.12. The minimum atomic E-state index is -0.755. The van der Waals surface area contributed by atoms with E-state index < -0.39 is 6.10 Å². The van der Waals surface area contributed by atoms with E-state index in [1.54, 1.807) is 16.6 Å². The Morgan fingerprint density at radius 2 is 1.89 bits per heavy atom. The van der Waals surface area contributed by atoms with Crippen molar-refractivity contribution in [3.63, 3.8) is 0 Å². The molecule has 0 fully saturated rings. The Morgan fingerprint density at radius 3 is 2.74 bits per heavy atom. The molecule has 27 heavy (non-hydrogen) atoms. The van der Waals surface area contributed by atoms with Crippen molar-refractivity contribution in [2.75, 3.05) is 11.9 Å². The van der Waals surface area contributed by atoms with Gasteiger partial charge < -0.3 is 9.47 Å². The van der Waals surface area contributed by atoms with Crippen LogP contribution in [0, 0.1) is 0 Å². The molecule has 7 nitrogen and oxygen atoms in total. The number of anilines is 1. The van der Waals surface area contributed by atoms with Crippen molar-refractivity contribution in [3.05, 3.63) is 60.0 Å². The fourth-order valence-corrected chi connectivity index (χ4v) is 3.71. The van der Waals surface area contributed by atoms with E-state index >= 15 is 0 Å². The van der Waals surface area contributed by atoms with E-state index in [-0.39, 0.29) is 18.5 Å². The minimum absolute atomic E-state index is 0.139. The van der Waals surface area contributed by atoms with Gasteiger partial charge in [-0.1, -0.05) is 42.5 Å². The lowest BCUT2D eigenvalue weighted by Crippen LogP contribution is -2.40. The molecule has 0 saturated carbocycles. The summed E-state index contributed by atoms with van der Waals surface area (Å²) in [6, 6.07) is 17.2. The maximum absolute atomic E-state index is 12.5. The first kappa shape index (κ1) is 15.8. The highest BCUT2D eigenvalue weighted by molar-refractivity contribution is 7.15. The van der Waals surface area contributed by atoms with Crippen LogP contribution in [0.25, 0.3) is 16.2 Å². The largest absolute Gasteiger partial charge is 0.485 e. The second-order valence-corrected chi connectivity index (χ2v) is 6.81. The van der Waals surface area contributed by atoms with Gasteiger partial charge in [-0.3, -0.25) is 10.1 Å². The zero-order valence-corrected chi connectivity index (χ0v) is 14.8. The number of aromatic nitrogens is 3. The quantitative estimate of drug-likeness (QED) is 0.592. The van der Waals surface area contributed by atoms with Gasteiger partial charge in [0.15, 0.2) is 11.5 Å². The standard InChI is InChI=1S/C19H14N4O3S/c24-17(16-10-25-14-8-4-5-9-15(14)26-16)20-18-21-19-23(22-18)13(11-27-19)12-6-2-1-3-7-12/h1-9,11,16H,10H2,(H,20,22,24). The second-order valence-electron chi connectivity index (χ2n) is 5.97. The third-order valence-corrected chi connectivity index (χ3v) is 5.00. The lowest BCUT2D eigenvalue weighted by Gasteiger charge is -2.25. The summed E-state index contributed by atoms with van der Waals surface area (Å²) in [6.45, 7) is 0.139. The topological polar surface area (TPSA) is 77.8 Å². The molecule has 1 amide bonds. The van der Waals surface area contributed by atoms with Crippen LogP contribution < -0.4 is 14.8 Å². The van der Waals surface area contributed by atoms with Crippen LogP contribution in [-0.4, -0.2) is 33.2 Å². The van der Waals surface area contributed by atoms with Crippen molar-refractivity contribution in [2.45, 2.75) is 6.10 Å². The number of carbonyl (C=O) groups is 1. The first-order valence-electron chi connectivity index (χ1n) is 8.37. The van der Waals surface area contributed by atoms with Gasteiger partial charge >= 0.3 is 0 Å². The molecule has 4 aromatic rings. The smallest absolute Gasteiger partial charge is 0.271 e. The fourth-order valence-electron chi connectivity index (χ4n) is 2.88. The van der Waals surface area contributed by atoms with Gasteiger partial charge in [0.25, 0.3) is 11.9 Å². The van der Waals surface area contributed by atoms with Crippen LogP contribution in [0.4, 0.5) is 5.95 Å². The second kappa shape index (κ2) is 6.40. The number of nitrogens with zero attached hydrogens (tertiary/aromatic N) is 3. The molecule has 0 bridgehead atoms. The summed E-state index contributed by atoms with van der Waals surface area (Å²) in [5.41, 5.74) is 1.96. The van der Waals surface area contributed by atoms with Gasteiger partial charge in [0.2, 0.25) is 11.1 Å². The van der Waals surface area contributed by atoms with Crippen molar-refractivity contribution in [1.29, 1.82) is 0 Å². The highest BCUT2D eigenvalue weighted by atomic mass is 32.1. The Labute approximate surface area is 158 Å². The van der Waals surface area contributed by atoms with E-state index in [1.165, 1.54) is 11.3 Å². The van der Waals surface area contributed by atoms with E-state index in [1.807, 2.05) is 47.8 Å². The molecule has 0 aliphatic carbocycles. The predicted octanol–water partition coefficient (Wildman–Crippen LogP) is 3.24. The normalized spacial score (nSPS) is 15.6. The Hall–Kier alpha value is -3.39. The molecule has 3 heterocycles. The van der Waals surface area contributed by atoms with Crippen molar-refractivity contribution < 1.29 is 14.3 Å². The third-order valence-electron chi connectivity index (χ3n) is 4.19. The summed E-state index contributed by atoms with van der Waals surface area (Å²) in [5.74, 6) is 1.08. The highest BCUT2D eigenvalue weighted by Gasteiger charge is 2.28.